The Labute approximate surface area is 95.7 Å². The number of hydrogen-bond acceptors (Lipinski definition) is 4. The number of amides is 1. The van der Waals surface area contributed by atoms with Gasteiger partial charge in [-0.15, -0.1) is 0 Å². The summed E-state index contributed by atoms with van der Waals surface area (Å²) in [5.74, 6) is -0.309. The number of hydrogen-bond donors (Lipinski definition) is 0. The molecule has 1 aliphatic rings. The number of unbranched alkanes of at least 4 members (excludes halogenated alkanes) is 1. The van der Waals surface area contributed by atoms with E-state index in [1.54, 1.807) is 0 Å². The summed E-state index contributed by atoms with van der Waals surface area (Å²) >= 11 is 0. The predicted octanol–water partition coefficient (Wildman–Crippen LogP) is 1.76. The fraction of sp³-hybridized carbons (Fsp3) is 0.818. The highest BCUT2D eigenvalue weighted by Gasteiger charge is 2.40. The van der Waals surface area contributed by atoms with E-state index in [2.05, 4.69) is 0 Å². The lowest BCUT2D eigenvalue weighted by molar-refractivity contribution is -0.139. The maximum Gasteiger partial charge on any atom is 0.413 e. The maximum atomic E-state index is 11.7. The van der Waals surface area contributed by atoms with Crippen molar-refractivity contribution in [1.82, 2.24) is 4.90 Å². The fourth-order valence-electron chi connectivity index (χ4n) is 1.61. The van der Waals surface area contributed by atoms with Gasteiger partial charge in [-0.3, -0.25) is 4.90 Å². The first kappa shape index (κ1) is 12.8. The molecule has 1 rings (SSSR count). The quantitative estimate of drug-likeness (QED) is 0.544. The first-order valence-electron chi connectivity index (χ1n) is 5.68. The molecule has 0 radical (unpaired) electrons. The van der Waals surface area contributed by atoms with E-state index in [9.17, 15) is 9.59 Å². The van der Waals surface area contributed by atoms with Crippen molar-refractivity contribution in [2.75, 3.05) is 13.3 Å². The van der Waals surface area contributed by atoms with E-state index < -0.39 is 12.1 Å². The van der Waals surface area contributed by atoms with Crippen molar-refractivity contribution < 1.29 is 19.1 Å². The zero-order valence-electron chi connectivity index (χ0n) is 10.1. The van der Waals surface area contributed by atoms with Crippen LogP contribution in [0.4, 0.5) is 4.79 Å². The highest BCUT2D eigenvalue weighted by molar-refractivity contribution is 5.84. The highest BCUT2D eigenvalue weighted by Crippen LogP contribution is 2.19. The lowest BCUT2D eigenvalue weighted by atomic mass is 10.0. The van der Waals surface area contributed by atoms with E-state index in [0.29, 0.717) is 6.61 Å². The van der Waals surface area contributed by atoms with Crippen LogP contribution >= 0.6 is 0 Å². The number of carbonyl (C=O) groups excluding carboxylic acids is 2. The molecule has 0 aromatic rings. The van der Waals surface area contributed by atoms with Crippen molar-refractivity contribution in [3.63, 3.8) is 0 Å². The Morgan fingerprint density at radius 3 is 2.88 bits per heavy atom. The lowest BCUT2D eigenvalue weighted by Crippen LogP contribution is -2.41. The van der Waals surface area contributed by atoms with Crippen LogP contribution in [0.3, 0.4) is 0 Å². The number of esters is 1. The molecule has 0 aromatic heterocycles. The van der Waals surface area contributed by atoms with Crippen LogP contribution < -0.4 is 0 Å². The van der Waals surface area contributed by atoms with E-state index in [1.165, 1.54) is 4.90 Å². The molecule has 1 atom stereocenters. The van der Waals surface area contributed by atoms with Crippen LogP contribution in [-0.4, -0.2) is 36.3 Å². The van der Waals surface area contributed by atoms with Gasteiger partial charge in [0.25, 0.3) is 0 Å². The van der Waals surface area contributed by atoms with Crippen LogP contribution in [0.1, 0.15) is 33.6 Å². The van der Waals surface area contributed by atoms with Gasteiger partial charge in [0, 0.05) is 0 Å². The van der Waals surface area contributed by atoms with Gasteiger partial charge >= 0.3 is 12.1 Å². The van der Waals surface area contributed by atoms with Crippen LogP contribution in [0.5, 0.6) is 0 Å². The number of rotatable bonds is 4. The van der Waals surface area contributed by atoms with Gasteiger partial charge in [-0.1, -0.05) is 27.2 Å². The number of nitrogens with zero attached hydrogens (tertiary/aromatic N) is 1. The van der Waals surface area contributed by atoms with Gasteiger partial charge in [-0.25, -0.2) is 9.59 Å². The molecule has 0 aliphatic carbocycles. The van der Waals surface area contributed by atoms with E-state index in [1.807, 2.05) is 20.8 Å². The second kappa shape index (κ2) is 5.72. The molecule has 0 N–H and O–H groups in total. The topological polar surface area (TPSA) is 55.8 Å². The van der Waals surface area contributed by atoms with E-state index in [0.717, 1.165) is 12.8 Å². The average Bonchev–Trinajstić information content (AvgIpc) is 2.60. The molecule has 5 heteroatoms. The molecule has 0 bridgehead atoms. The Morgan fingerprint density at radius 2 is 2.31 bits per heavy atom. The summed E-state index contributed by atoms with van der Waals surface area (Å²) < 4.78 is 9.90. The average molecular weight is 229 g/mol. The zero-order valence-corrected chi connectivity index (χ0v) is 10.1. The monoisotopic (exact) mass is 229 g/mol. The largest absolute Gasteiger partial charge is 0.449 e. The maximum absolute atomic E-state index is 11.7. The summed E-state index contributed by atoms with van der Waals surface area (Å²) in [6.07, 6.45) is 1.34. The molecule has 1 aliphatic heterocycles. The summed E-state index contributed by atoms with van der Waals surface area (Å²) in [4.78, 5) is 24.4. The molecule has 1 saturated heterocycles. The number of ether oxygens (including phenoxy) is 2. The van der Waals surface area contributed by atoms with Crippen molar-refractivity contribution in [2.24, 2.45) is 5.92 Å². The summed E-state index contributed by atoms with van der Waals surface area (Å²) in [7, 11) is 0. The Hall–Kier alpha value is -1.26. The minimum atomic E-state index is -0.505. The van der Waals surface area contributed by atoms with Crippen molar-refractivity contribution in [1.29, 1.82) is 0 Å². The van der Waals surface area contributed by atoms with Crippen LogP contribution in [0, 0.1) is 5.92 Å². The molecule has 0 saturated carbocycles. The van der Waals surface area contributed by atoms with Gasteiger partial charge in [-0.05, 0) is 12.3 Å². The standard InChI is InChI=1S/C11H19NO4/c1-4-5-6-15-11(14)12-7-16-10(13)9(12)8(2)3/h8-9H,4-7H2,1-3H3. The smallest absolute Gasteiger partial charge is 0.413 e. The number of carbonyl (C=O) groups is 2. The molecule has 5 nitrogen and oxygen atoms in total. The first-order valence-corrected chi connectivity index (χ1v) is 5.68. The van der Waals surface area contributed by atoms with E-state index in [4.69, 9.17) is 9.47 Å². The molecule has 92 valence electrons. The fourth-order valence-corrected chi connectivity index (χ4v) is 1.61. The highest BCUT2D eigenvalue weighted by atomic mass is 16.6. The van der Waals surface area contributed by atoms with Crippen molar-refractivity contribution >= 4 is 12.1 Å². The normalized spacial score (nSPS) is 20.1. The number of cyclic esters (lactones) is 1. The molecular formula is C11H19NO4. The Balaban J connectivity index is 2.51. The lowest BCUT2D eigenvalue weighted by Gasteiger charge is -2.22. The van der Waals surface area contributed by atoms with Gasteiger partial charge < -0.3 is 9.47 Å². The van der Waals surface area contributed by atoms with Gasteiger partial charge in [0.05, 0.1) is 6.61 Å². The van der Waals surface area contributed by atoms with Gasteiger partial charge in [0.1, 0.15) is 6.04 Å². The third-order valence-corrected chi connectivity index (χ3v) is 2.51. The van der Waals surface area contributed by atoms with Crippen LogP contribution in [0.25, 0.3) is 0 Å². The second-order valence-electron chi connectivity index (χ2n) is 4.22. The molecule has 1 amide bonds. The summed E-state index contributed by atoms with van der Waals surface area (Å²) in [6, 6.07) is -0.505. The Morgan fingerprint density at radius 1 is 1.62 bits per heavy atom. The third kappa shape index (κ3) is 2.87. The first-order chi connectivity index (χ1) is 7.57. The van der Waals surface area contributed by atoms with Gasteiger partial charge in [0.15, 0.2) is 6.73 Å². The van der Waals surface area contributed by atoms with Gasteiger partial charge in [0.2, 0.25) is 0 Å². The molecule has 0 aromatic carbocycles. The summed E-state index contributed by atoms with van der Waals surface area (Å²) in [5, 5.41) is 0. The SMILES string of the molecule is CCCCOC(=O)N1COC(=O)C1C(C)C. The molecule has 1 unspecified atom stereocenters. The predicted molar refractivity (Wildman–Crippen MR) is 57.7 cm³/mol. The van der Waals surface area contributed by atoms with Crippen LogP contribution in [0.15, 0.2) is 0 Å². The Bertz CT molecular complexity index is 265. The molecule has 0 spiro atoms. The molecule has 1 heterocycles. The zero-order chi connectivity index (χ0) is 12.1. The minimum absolute atomic E-state index is 0.00659. The summed E-state index contributed by atoms with van der Waals surface area (Å²) in [6.45, 7) is 6.18. The van der Waals surface area contributed by atoms with Crippen LogP contribution in [-0.2, 0) is 14.3 Å². The minimum Gasteiger partial charge on any atom is -0.449 e. The van der Waals surface area contributed by atoms with E-state index >= 15 is 0 Å². The second-order valence-corrected chi connectivity index (χ2v) is 4.22. The Kier molecular flexibility index (Phi) is 4.58. The van der Waals surface area contributed by atoms with Crippen LogP contribution in [0.2, 0.25) is 0 Å². The van der Waals surface area contributed by atoms with Crippen molar-refractivity contribution in [3.8, 4) is 0 Å². The summed E-state index contributed by atoms with van der Waals surface area (Å²) in [5.41, 5.74) is 0. The van der Waals surface area contributed by atoms with Crippen molar-refractivity contribution in [3.05, 3.63) is 0 Å². The van der Waals surface area contributed by atoms with Crippen molar-refractivity contribution in [2.45, 2.75) is 39.7 Å². The molecular weight excluding hydrogens is 210 g/mol. The van der Waals surface area contributed by atoms with E-state index in [-0.39, 0.29) is 18.6 Å². The third-order valence-electron chi connectivity index (χ3n) is 2.51. The van der Waals surface area contributed by atoms with Gasteiger partial charge in [-0.2, -0.15) is 0 Å². The molecule has 1 fully saturated rings. The molecule has 16 heavy (non-hydrogen) atoms.